The lowest BCUT2D eigenvalue weighted by Gasteiger charge is -2.21. The van der Waals surface area contributed by atoms with Gasteiger partial charge in [-0.05, 0) is 37.1 Å². The standard InChI is InChI=1S/C21H32N6O7/c22-8-2-1-3-14(23)19(31)25-11-18(30)26-15(10-17(24)29)20(32)27-16(21(33)34)9-12-4-6-13(28)7-5-12/h4-7,14-16,28H,1-3,8-11,22-23H2,(H2,24,29)(H,25,31)(H,26,30)(H,27,32)(H,33,34)/t14-,15-,16-/m0/s1. The largest absolute Gasteiger partial charge is 0.508 e. The van der Waals surface area contributed by atoms with Gasteiger partial charge in [-0.15, -0.1) is 0 Å². The Labute approximate surface area is 196 Å². The third-order valence-corrected chi connectivity index (χ3v) is 4.78. The summed E-state index contributed by atoms with van der Waals surface area (Å²) in [5, 5.41) is 25.6. The summed E-state index contributed by atoms with van der Waals surface area (Å²) in [5.74, 6) is -4.56. The average molecular weight is 481 g/mol. The Kier molecular flexibility index (Phi) is 12.0. The van der Waals surface area contributed by atoms with Crippen molar-refractivity contribution in [2.24, 2.45) is 17.2 Å². The highest BCUT2D eigenvalue weighted by Gasteiger charge is 2.28. The van der Waals surface area contributed by atoms with Crippen LogP contribution in [-0.4, -0.2) is 71.0 Å². The molecule has 13 nitrogen and oxygen atoms in total. The molecule has 0 fully saturated rings. The quantitative estimate of drug-likeness (QED) is 0.123. The molecule has 188 valence electrons. The number of nitrogens with one attached hydrogen (secondary N) is 3. The number of aromatic hydroxyl groups is 1. The summed E-state index contributed by atoms with van der Waals surface area (Å²) in [4.78, 5) is 59.8. The fourth-order valence-electron chi connectivity index (χ4n) is 2.93. The fraction of sp³-hybridized carbons (Fsp3) is 0.476. The summed E-state index contributed by atoms with van der Waals surface area (Å²) in [7, 11) is 0. The number of amides is 4. The van der Waals surface area contributed by atoms with E-state index in [-0.39, 0.29) is 12.2 Å². The zero-order valence-corrected chi connectivity index (χ0v) is 18.7. The minimum absolute atomic E-state index is 0.00694. The van der Waals surface area contributed by atoms with Gasteiger partial charge in [0.25, 0.3) is 0 Å². The molecule has 4 amide bonds. The SMILES string of the molecule is NCCCC[C@H](N)C(=O)NCC(=O)N[C@@H](CC(N)=O)C(=O)N[C@@H](Cc1ccc(O)cc1)C(=O)O. The van der Waals surface area contributed by atoms with Crippen LogP contribution in [0.15, 0.2) is 24.3 Å². The van der Waals surface area contributed by atoms with Crippen LogP contribution in [0.5, 0.6) is 5.75 Å². The summed E-state index contributed by atoms with van der Waals surface area (Å²) in [5.41, 5.74) is 16.8. The number of primary amides is 1. The molecule has 0 bridgehead atoms. The smallest absolute Gasteiger partial charge is 0.326 e. The van der Waals surface area contributed by atoms with E-state index < -0.39 is 60.7 Å². The van der Waals surface area contributed by atoms with Gasteiger partial charge in [0.15, 0.2) is 0 Å². The minimum atomic E-state index is -1.46. The number of phenols is 1. The van der Waals surface area contributed by atoms with Gasteiger partial charge in [-0.2, -0.15) is 0 Å². The number of hydrogen-bond acceptors (Lipinski definition) is 8. The molecule has 34 heavy (non-hydrogen) atoms. The lowest BCUT2D eigenvalue weighted by Crippen LogP contribution is -2.55. The number of nitrogens with two attached hydrogens (primary N) is 3. The maximum absolute atomic E-state index is 12.6. The van der Waals surface area contributed by atoms with Gasteiger partial charge in [-0.1, -0.05) is 18.6 Å². The topological polar surface area (TPSA) is 240 Å². The van der Waals surface area contributed by atoms with Crippen molar-refractivity contribution in [3.05, 3.63) is 29.8 Å². The van der Waals surface area contributed by atoms with E-state index in [2.05, 4.69) is 16.0 Å². The van der Waals surface area contributed by atoms with Crippen LogP contribution in [0, 0.1) is 0 Å². The monoisotopic (exact) mass is 480 g/mol. The zero-order valence-electron chi connectivity index (χ0n) is 18.7. The number of carbonyl (C=O) groups is 5. The van der Waals surface area contributed by atoms with Crippen molar-refractivity contribution >= 4 is 29.6 Å². The van der Waals surface area contributed by atoms with Crippen molar-refractivity contribution in [3.8, 4) is 5.75 Å². The van der Waals surface area contributed by atoms with Gasteiger partial charge in [-0.3, -0.25) is 19.2 Å². The van der Waals surface area contributed by atoms with Gasteiger partial charge in [0.2, 0.25) is 23.6 Å². The van der Waals surface area contributed by atoms with E-state index in [9.17, 15) is 34.2 Å². The van der Waals surface area contributed by atoms with Crippen molar-refractivity contribution < 1.29 is 34.2 Å². The van der Waals surface area contributed by atoms with Crippen LogP contribution in [0.3, 0.4) is 0 Å². The highest BCUT2D eigenvalue weighted by Crippen LogP contribution is 2.11. The van der Waals surface area contributed by atoms with E-state index >= 15 is 0 Å². The Bertz CT molecular complexity index is 862. The molecule has 11 N–H and O–H groups in total. The summed E-state index contributed by atoms with van der Waals surface area (Å²) < 4.78 is 0. The molecule has 3 atom stereocenters. The molecular weight excluding hydrogens is 448 g/mol. The highest BCUT2D eigenvalue weighted by molar-refractivity contribution is 5.95. The average Bonchev–Trinajstić information content (AvgIpc) is 2.77. The predicted molar refractivity (Wildman–Crippen MR) is 121 cm³/mol. The molecule has 0 spiro atoms. The van der Waals surface area contributed by atoms with Gasteiger partial charge in [-0.25, -0.2) is 4.79 Å². The van der Waals surface area contributed by atoms with Crippen LogP contribution in [0.2, 0.25) is 0 Å². The molecule has 1 aromatic carbocycles. The lowest BCUT2D eigenvalue weighted by atomic mass is 10.0. The minimum Gasteiger partial charge on any atom is -0.508 e. The van der Waals surface area contributed by atoms with E-state index in [1.165, 1.54) is 24.3 Å². The highest BCUT2D eigenvalue weighted by atomic mass is 16.4. The number of rotatable bonds is 15. The Hall–Kier alpha value is -3.71. The molecule has 0 heterocycles. The zero-order chi connectivity index (χ0) is 25.7. The molecule has 0 aromatic heterocycles. The number of benzene rings is 1. The van der Waals surface area contributed by atoms with E-state index in [1.807, 2.05) is 0 Å². The molecule has 0 radical (unpaired) electrons. The Morgan fingerprint density at radius 2 is 1.59 bits per heavy atom. The first-order valence-electron chi connectivity index (χ1n) is 10.7. The van der Waals surface area contributed by atoms with Crippen LogP contribution >= 0.6 is 0 Å². The van der Waals surface area contributed by atoms with Crippen LogP contribution in [0.4, 0.5) is 0 Å². The normalized spacial score (nSPS) is 13.2. The molecule has 1 aromatic rings. The molecular formula is C21H32N6O7. The number of carboxylic acid groups (broad SMARTS) is 1. The third-order valence-electron chi connectivity index (χ3n) is 4.78. The molecule has 0 aliphatic heterocycles. The number of carbonyl (C=O) groups excluding carboxylic acids is 4. The van der Waals surface area contributed by atoms with Crippen molar-refractivity contribution in [1.29, 1.82) is 0 Å². The van der Waals surface area contributed by atoms with Crippen molar-refractivity contribution in [1.82, 2.24) is 16.0 Å². The first kappa shape index (κ1) is 28.3. The molecule has 13 heteroatoms. The Morgan fingerprint density at radius 1 is 0.941 bits per heavy atom. The predicted octanol–water partition coefficient (Wildman–Crippen LogP) is -2.56. The van der Waals surface area contributed by atoms with Crippen LogP contribution in [-0.2, 0) is 30.4 Å². The molecule has 0 unspecified atom stereocenters. The van der Waals surface area contributed by atoms with Gasteiger partial charge in [0, 0.05) is 6.42 Å². The molecule has 0 saturated heterocycles. The Balaban J connectivity index is 2.71. The second kappa shape index (κ2) is 14.4. The van der Waals surface area contributed by atoms with Crippen LogP contribution in [0.1, 0.15) is 31.2 Å². The van der Waals surface area contributed by atoms with Gasteiger partial charge >= 0.3 is 5.97 Å². The van der Waals surface area contributed by atoms with Gasteiger partial charge in [0.1, 0.15) is 17.8 Å². The first-order chi connectivity index (χ1) is 16.0. The number of unbranched alkanes of at least 4 members (excludes halogenated alkanes) is 1. The van der Waals surface area contributed by atoms with Crippen molar-refractivity contribution in [3.63, 3.8) is 0 Å². The van der Waals surface area contributed by atoms with Crippen molar-refractivity contribution in [2.75, 3.05) is 13.1 Å². The maximum Gasteiger partial charge on any atom is 0.326 e. The molecule has 0 aliphatic carbocycles. The molecule has 0 aliphatic rings. The number of carboxylic acids is 1. The summed E-state index contributed by atoms with van der Waals surface area (Å²) in [6, 6.07) is 2.04. The summed E-state index contributed by atoms with van der Waals surface area (Å²) in [6.45, 7) is -0.0421. The van der Waals surface area contributed by atoms with Gasteiger partial charge < -0.3 is 43.4 Å². The fourth-order valence-corrected chi connectivity index (χ4v) is 2.93. The van der Waals surface area contributed by atoms with Gasteiger partial charge in [0.05, 0.1) is 19.0 Å². The Morgan fingerprint density at radius 3 is 2.15 bits per heavy atom. The van der Waals surface area contributed by atoms with E-state index in [0.717, 1.165) is 0 Å². The third kappa shape index (κ3) is 10.7. The van der Waals surface area contributed by atoms with Crippen molar-refractivity contribution in [2.45, 2.75) is 50.2 Å². The van der Waals surface area contributed by atoms with Crippen LogP contribution in [0.25, 0.3) is 0 Å². The molecule has 1 rings (SSSR count). The van der Waals surface area contributed by atoms with Crippen LogP contribution < -0.4 is 33.2 Å². The number of aliphatic carboxylic acids is 1. The number of hydrogen-bond donors (Lipinski definition) is 8. The summed E-state index contributed by atoms with van der Waals surface area (Å²) in [6.07, 6.45) is 1.03. The lowest BCUT2D eigenvalue weighted by molar-refractivity contribution is -0.142. The maximum atomic E-state index is 12.6. The van der Waals surface area contributed by atoms with E-state index in [0.29, 0.717) is 31.4 Å². The first-order valence-corrected chi connectivity index (χ1v) is 10.7. The van der Waals surface area contributed by atoms with E-state index in [1.54, 1.807) is 0 Å². The second-order valence-corrected chi connectivity index (χ2v) is 7.67. The number of phenolic OH excluding ortho intramolecular Hbond substituents is 1. The van der Waals surface area contributed by atoms with E-state index in [4.69, 9.17) is 17.2 Å². The summed E-state index contributed by atoms with van der Waals surface area (Å²) >= 11 is 0. The second-order valence-electron chi connectivity index (χ2n) is 7.67. The molecule has 0 saturated carbocycles.